The van der Waals surface area contributed by atoms with Crippen LogP contribution in [0, 0.1) is 0 Å². The van der Waals surface area contributed by atoms with Gasteiger partial charge in [0.25, 0.3) is 0 Å². The predicted octanol–water partition coefficient (Wildman–Crippen LogP) is 6.74. The molecule has 3 heteroatoms. The highest BCUT2D eigenvalue weighted by molar-refractivity contribution is 6.32. The Balaban J connectivity index is 1.38. The Hall–Kier alpha value is -2.97. The van der Waals surface area contributed by atoms with Crippen molar-refractivity contribution in [2.24, 2.45) is 0 Å². The number of rotatable bonds is 8. The second kappa shape index (κ2) is 9.49. The van der Waals surface area contributed by atoms with Crippen molar-refractivity contribution in [3.8, 4) is 11.5 Å². The molecule has 146 valence electrons. The molecule has 0 aliphatic carbocycles. The molecular formula is C26H23ClO2. The monoisotopic (exact) mass is 402 g/mol. The van der Waals surface area contributed by atoms with E-state index in [0.29, 0.717) is 24.0 Å². The van der Waals surface area contributed by atoms with E-state index in [-0.39, 0.29) is 0 Å². The summed E-state index contributed by atoms with van der Waals surface area (Å²) in [6.07, 6.45) is 1.73. The Morgan fingerprint density at radius 2 is 1.21 bits per heavy atom. The van der Waals surface area contributed by atoms with E-state index >= 15 is 0 Å². The van der Waals surface area contributed by atoms with E-state index in [1.165, 1.54) is 11.1 Å². The molecule has 0 unspecified atom stereocenters. The van der Waals surface area contributed by atoms with Gasteiger partial charge >= 0.3 is 0 Å². The largest absolute Gasteiger partial charge is 0.493 e. The molecule has 0 fully saturated rings. The quantitative estimate of drug-likeness (QED) is 0.325. The Morgan fingerprint density at radius 1 is 0.586 bits per heavy atom. The molecule has 2 nitrogen and oxygen atoms in total. The standard InChI is InChI=1S/C26H23ClO2/c27-25-18-23-17-24(28-15-13-20-7-3-1-4-8-20)12-11-22(23)19-26(25)29-16-14-21-9-5-2-6-10-21/h1-12,17-19H,13-16H2. The van der Waals surface area contributed by atoms with Crippen LogP contribution < -0.4 is 9.47 Å². The Kier molecular flexibility index (Phi) is 6.33. The third kappa shape index (κ3) is 5.30. The average Bonchev–Trinajstić information content (AvgIpc) is 2.76. The van der Waals surface area contributed by atoms with Gasteiger partial charge in [0.2, 0.25) is 0 Å². The highest BCUT2D eigenvalue weighted by Gasteiger charge is 2.06. The van der Waals surface area contributed by atoms with Crippen molar-refractivity contribution in [1.29, 1.82) is 0 Å². The first-order valence-corrected chi connectivity index (χ1v) is 10.2. The Bertz CT molecular complexity index is 1060. The zero-order chi connectivity index (χ0) is 19.9. The van der Waals surface area contributed by atoms with E-state index in [2.05, 4.69) is 24.3 Å². The van der Waals surface area contributed by atoms with E-state index in [4.69, 9.17) is 21.1 Å². The van der Waals surface area contributed by atoms with Gasteiger partial charge < -0.3 is 9.47 Å². The molecule has 4 aromatic carbocycles. The second-order valence-electron chi connectivity index (χ2n) is 6.96. The van der Waals surface area contributed by atoms with E-state index in [1.807, 2.05) is 66.7 Å². The lowest BCUT2D eigenvalue weighted by Crippen LogP contribution is -2.02. The van der Waals surface area contributed by atoms with Crippen molar-refractivity contribution in [2.75, 3.05) is 13.2 Å². The summed E-state index contributed by atoms with van der Waals surface area (Å²) >= 11 is 6.46. The second-order valence-corrected chi connectivity index (χ2v) is 7.37. The number of hydrogen-bond acceptors (Lipinski definition) is 2. The van der Waals surface area contributed by atoms with Gasteiger partial charge in [-0.25, -0.2) is 0 Å². The Labute approximate surface area is 176 Å². The summed E-state index contributed by atoms with van der Waals surface area (Å²) in [5.41, 5.74) is 2.52. The van der Waals surface area contributed by atoms with Crippen LogP contribution in [0.4, 0.5) is 0 Å². The van der Waals surface area contributed by atoms with Crippen LogP contribution in [0.1, 0.15) is 11.1 Å². The van der Waals surface area contributed by atoms with Crippen molar-refractivity contribution in [1.82, 2.24) is 0 Å². The van der Waals surface area contributed by atoms with Crippen molar-refractivity contribution in [3.63, 3.8) is 0 Å². The minimum Gasteiger partial charge on any atom is -0.493 e. The molecular weight excluding hydrogens is 380 g/mol. The van der Waals surface area contributed by atoms with Gasteiger partial charge in [-0.15, -0.1) is 0 Å². The molecule has 0 saturated carbocycles. The van der Waals surface area contributed by atoms with Crippen molar-refractivity contribution in [2.45, 2.75) is 12.8 Å². The van der Waals surface area contributed by atoms with Gasteiger partial charge in [-0.3, -0.25) is 0 Å². The summed E-state index contributed by atoms with van der Waals surface area (Å²) in [4.78, 5) is 0. The van der Waals surface area contributed by atoms with Crippen molar-refractivity contribution in [3.05, 3.63) is 107 Å². The van der Waals surface area contributed by atoms with Gasteiger partial charge in [-0.05, 0) is 46.2 Å². The zero-order valence-electron chi connectivity index (χ0n) is 16.2. The van der Waals surface area contributed by atoms with Crippen LogP contribution >= 0.6 is 11.6 Å². The first-order chi connectivity index (χ1) is 14.3. The lowest BCUT2D eigenvalue weighted by Gasteiger charge is -2.11. The molecule has 0 N–H and O–H groups in total. The molecule has 0 aromatic heterocycles. The molecule has 0 radical (unpaired) electrons. The fourth-order valence-electron chi connectivity index (χ4n) is 3.28. The first kappa shape index (κ1) is 19.4. The highest BCUT2D eigenvalue weighted by Crippen LogP contribution is 2.32. The van der Waals surface area contributed by atoms with Gasteiger partial charge in [-0.1, -0.05) is 78.3 Å². The number of fused-ring (bicyclic) bond motifs is 1. The van der Waals surface area contributed by atoms with Crippen LogP contribution in [0.2, 0.25) is 5.02 Å². The SMILES string of the molecule is Clc1cc2cc(OCCc3ccccc3)ccc2cc1OCCc1ccccc1. The molecule has 29 heavy (non-hydrogen) atoms. The van der Waals surface area contributed by atoms with E-state index in [1.54, 1.807) is 0 Å². The Morgan fingerprint density at radius 3 is 1.86 bits per heavy atom. The fraction of sp³-hybridized carbons (Fsp3) is 0.154. The van der Waals surface area contributed by atoms with Crippen molar-refractivity contribution >= 4 is 22.4 Å². The summed E-state index contributed by atoms with van der Waals surface area (Å²) in [6.45, 7) is 1.24. The highest BCUT2D eigenvalue weighted by atomic mass is 35.5. The molecule has 0 aliphatic rings. The minimum absolute atomic E-state index is 0.593. The van der Waals surface area contributed by atoms with Crippen LogP contribution in [0.3, 0.4) is 0 Å². The summed E-state index contributed by atoms with van der Waals surface area (Å²) in [7, 11) is 0. The maximum atomic E-state index is 6.46. The molecule has 4 aromatic rings. The summed E-state index contributed by atoms with van der Waals surface area (Å²) in [6, 6.07) is 30.7. The number of halogens is 1. The lowest BCUT2D eigenvalue weighted by molar-refractivity contribution is 0.321. The number of benzene rings is 4. The molecule has 0 aliphatic heterocycles. The third-order valence-electron chi connectivity index (χ3n) is 4.86. The maximum Gasteiger partial charge on any atom is 0.138 e. The number of hydrogen-bond donors (Lipinski definition) is 0. The summed E-state index contributed by atoms with van der Waals surface area (Å²) in [5.74, 6) is 1.56. The van der Waals surface area contributed by atoms with E-state index < -0.39 is 0 Å². The van der Waals surface area contributed by atoms with E-state index in [9.17, 15) is 0 Å². The zero-order valence-corrected chi connectivity index (χ0v) is 16.9. The molecule has 0 saturated heterocycles. The smallest absolute Gasteiger partial charge is 0.138 e. The first-order valence-electron chi connectivity index (χ1n) is 9.85. The molecule has 0 amide bonds. The van der Waals surface area contributed by atoms with Crippen LogP contribution in [0.25, 0.3) is 10.8 Å². The number of ether oxygens (including phenoxy) is 2. The molecule has 4 rings (SSSR count). The van der Waals surface area contributed by atoms with Gasteiger partial charge in [0.15, 0.2) is 0 Å². The molecule has 0 heterocycles. The third-order valence-corrected chi connectivity index (χ3v) is 5.15. The van der Waals surface area contributed by atoms with Crippen LogP contribution in [0.5, 0.6) is 11.5 Å². The molecule has 0 atom stereocenters. The van der Waals surface area contributed by atoms with E-state index in [0.717, 1.165) is 29.4 Å². The molecule has 0 spiro atoms. The van der Waals surface area contributed by atoms with Crippen LogP contribution in [-0.2, 0) is 12.8 Å². The normalized spacial score (nSPS) is 10.8. The van der Waals surface area contributed by atoms with Crippen LogP contribution in [0.15, 0.2) is 91.0 Å². The average molecular weight is 403 g/mol. The fourth-order valence-corrected chi connectivity index (χ4v) is 3.51. The summed E-state index contributed by atoms with van der Waals surface area (Å²) < 4.78 is 11.9. The molecule has 0 bridgehead atoms. The van der Waals surface area contributed by atoms with Gasteiger partial charge in [0.05, 0.1) is 18.2 Å². The predicted molar refractivity (Wildman–Crippen MR) is 120 cm³/mol. The van der Waals surface area contributed by atoms with Crippen molar-refractivity contribution < 1.29 is 9.47 Å². The maximum absolute atomic E-state index is 6.46. The topological polar surface area (TPSA) is 18.5 Å². The minimum atomic E-state index is 0.593. The van der Waals surface area contributed by atoms with Gasteiger partial charge in [0.1, 0.15) is 11.5 Å². The lowest BCUT2D eigenvalue weighted by atomic mass is 10.1. The van der Waals surface area contributed by atoms with Gasteiger partial charge in [0, 0.05) is 12.8 Å². The van der Waals surface area contributed by atoms with Crippen LogP contribution in [-0.4, -0.2) is 13.2 Å². The summed E-state index contributed by atoms with van der Waals surface area (Å²) in [5, 5.41) is 2.74. The van der Waals surface area contributed by atoms with Gasteiger partial charge in [-0.2, -0.15) is 0 Å².